The third kappa shape index (κ3) is 6.80. The van der Waals surface area contributed by atoms with Crippen LogP contribution in [0.5, 0.6) is 0 Å². The molecular weight excluding hydrogens is 432 g/mol. The highest BCUT2D eigenvalue weighted by Crippen LogP contribution is 2.44. The van der Waals surface area contributed by atoms with E-state index in [9.17, 15) is 4.79 Å². The van der Waals surface area contributed by atoms with Gasteiger partial charge in [0.1, 0.15) is 6.10 Å². The molecule has 6 nitrogen and oxygen atoms in total. The number of halogens is 1. The summed E-state index contributed by atoms with van der Waals surface area (Å²) in [6.45, 7) is 3.40. The van der Waals surface area contributed by atoms with Gasteiger partial charge in [0, 0.05) is 36.5 Å². The summed E-state index contributed by atoms with van der Waals surface area (Å²) in [4.78, 5) is 11.9. The number of fused-ring (bicyclic) bond motifs is 1. The van der Waals surface area contributed by atoms with Gasteiger partial charge in [0.05, 0.1) is 18.6 Å². The molecule has 1 aliphatic carbocycles. The minimum absolute atomic E-state index is 0.00554. The second-order valence-electron chi connectivity index (χ2n) is 9.40. The molecule has 0 aromatic carbocycles. The third-order valence-electron chi connectivity index (χ3n) is 6.90. The van der Waals surface area contributed by atoms with Crippen molar-refractivity contribution < 1.29 is 28.5 Å². The van der Waals surface area contributed by atoms with Crippen molar-refractivity contribution in [3.8, 4) is 0 Å². The molecule has 4 fully saturated rings. The maximum Gasteiger partial charge on any atom is 0.306 e. The van der Waals surface area contributed by atoms with E-state index in [1.807, 2.05) is 13.0 Å². The molecule has 0 bridgehead atoms. The van der Waals surface area contributed by atoms with Gasteiger partial charge in [-0.25, -0.2) is 0 Å². The maximum atomic E-state index is 11.9. The monoisotopic (exact) mass is 468 g/mol. The van der Waals surface area contributed by atoms with Crippen LogP contribution in [0, 0.1) is 11.8 Å². The molecule has 7 heteroatoms. The van der Waals surface area contributed by atoms with Gasteiger partial charge in [-0.05, 0) is 58.3 Å². The molecule has 0 N–H and O–H groups in total. The highest BCUT2D eigenvalue weighted by molar-refractivity contribution is 6.29. The summed E-state index contributed by atoms with van der Waals surface area (Å²) in [5, 5.41) is 0.794. The topological polar surface area (TPSA) is 63.2 Å². The molecule has 2 unspecified atom stereocenters. The summed E-state index contributed by atoms with van der Waals surface area (Å²) in [7, 11) is 0. The van der Waals surface area contributed by atoms with Crippen molar-refractivity contribution in [3.63, 3.8) is 0 Å². The van der Waals surface area contributed by atoms with Crippen LogP contribution in [0.15, 0.2) is 23.3 Å². The number of hydrogen-bond acceptors (Lipinski definition) is 6. The first-order valence-corrected chi connectivity index (χ1v) is 12.7. The smallest absolute Gasteiger partial charge is 0.306 e. The second-order valence-corrected chi connectivity index (χ2v) is 10.00. The lowest BCUT2D eigenvalue weighted by Gasteiger charge is -2.29. The van der Waals surface area contributed by atoms with Gasteiger partial charge in [-0.3, -0.25) is 4.79 Å². The Balaban J connectivity index is 1.43. The van der Waals surface area contributed by atoms with Crippen LogP contribution in [-0.4, -0.2) is 50.1 Å². The fraction of sp³-hybridized carbons (Fsp3) is 0.800. The van der Waals surface area contributed by atoms with Crippen molar-refractivity contribution in [1.82, 2.24) is 0 Å². The van der Waals surface area contributed by atoms with Gasteiger partial charge in [-0.1, -0.05) is 29.8 Å². The number of allylic oxidation sites excluding steroid dienone is 2. The van der Waals surface area contributed by atoms with Gasteiger partial charge < -0.3 is 23.7 Å². The standard InChI is InChI=1S/C25H37ClO6/c1-17(26)7-6-8-18(30-24-9-2-4-13-28-24)11-12-19-20-15-23(27)31-22(20)16-21(19)32-25-10-3-5-14-29-25/h7,11-12,18-22,24-25H,2-6,8-10,13-16H2,1H3/b12-11+,17-7-/t18-,19+,20+,21+,22-,24?,25?/m0/s1. The Morgan fingerprint density at radius 2 is 1.91 bits per heavy atom. The average Bonchev–Trinajstić information content (AvgIpc) is 3.28. The Morgan fingerprint density at radius 3 is 2.59 bits per heavy atom. The van der Waals surface area contributed by atoms with Crippen LogP contribution in [0.2, 0.25) is 0 Å². The Labute approximate surface area is 196 Å². The minimum Gasteiger partial charge on any atom is -0.462 e. The number of ether oxygens (including phenoxy) is 5. The van der Waals surface area contributed by atoms with Crippen LogP contribution in [0.4, 0.5) is 0 Å². The van der Waals surface area contributed by atoms with Crippen molar-refractivity contribution in [2.75, 3.05) is 13.2 Å². The van der Waals surface area contributed by atoms with E-state index in [4.69, 9.17) is 35.3 Å². The SMILES string of the molecule is C/C(Cl)=C/CC[C@@H](/C=C/[C@@H]1[C@H]2CC(=O)O[C@H]2C[C@H]1OC1CCCCO1)OC1CCCCO1. The fourth-order valence-electron chi connectivity index (χ4n) is 5.25. The largest absolute Gasteiger partial charge is 0.462 e. The van der Waals surface area contributed by atoms with E-state index in [0.717, 1.165) is 76.0 Å². The van der Waals surface area contributed by atoms with Crippen LogP contribution < -0.4 is 0 Å². The van der Waals surface area contributed by atoms with Gasteiger partial charge in [-0.2, -0.15) is 0 Å². The van der Waals surface area contributed by atoms with Crippen molar-refractivity contribution in [1.29, 1.82) is 0 Å². The van der Waals surface area contributed by atoms with E-state index < -0.39 is 0 Å². The summed E-state index contributed by atoms with van der Waals surface area (Å²) < 4.78 is 29.9. The molecular formula is C25H37ClO6. The Morgan fingerprint density at radius 1 is 1.16 bits per heavy atom. The second kappa shape index (κ2) is 12.0. The number of carbonyl (C=O) groups is 1. The Kier molecular flexibility index (Phi) is 9.06. The molecule has 3 aliphatic heterocycles. The lowest BCUT2D eigenvalue weighted by molar-refractivity contribution is -0.194. The summed E-state index contributed by atoms with van der Waals surface area (Å²) in [6.07, 6.45) is 15.1. The van der Waals surface area contributed by atoms with Gasteiger partial charge in [0.15, 0.2) is 12.6 Å². The number of hydrogen-bond donors (Lipinski definition) is 0. The van der Waals surface area contributed by atoms with Gasteiger partial charge in [0.2, 0.25) is 0 Å². The van der Waals surface area contributed by atoms with Crippen molar-refractivity contribution in [2.45, 2.75) is 102 Å². The zero-order valence-electron chi connectivity index (χ0n) is 19.1. The average molecular weight is 469 g/mol. The highest BCUT2D eigenvalue weighted by atomic mass is 35.5. The van der Waals surface area contributed by atoms with Crippen molar-refractivity contribution >= 4 is 17.6 Å². The molecule has 0 radical (unpaired) electrons. The first kappa shape index (κ1) is 24.2. The van der Waals surface area contributed by atoms with Crippen LogP contribution >= 0.6 is 11.6 Å². The normalized spacial score (nSPS) is 36.9. The summed E-state index contributed by atoms with van der Waals surface area (Å²) in [6, 6.07) is 0. The van der Waals surface area contributed by atoms with E-state index in [2.05, 4.69) is 12.2 Å². The first-order valence-electron chi connectivity index (χ1n) is 12.3. The zero-order valence-corrected chi connectivity index (χ0v) is 19.8. The molecule has 3 saturated heterocycles. The molecule has 0 amide bonds. The molecule has 32 heavy (non-hydrogen) atoms. The van der Waals surface area contributed by atoms with E-state index in [0.29, 0.717) is 6.42 Å². The summed E-state index contributed by atoms with van der Waals surface area (Å²) >= 11 is 6.02. The van der Waals surface area contributed by atoms with Crippen LogP contribution in [0.25, 0.3) is 0 Å². The Hall–Kier alpha value is -0.920. The van der Waals surface area contributed by atoms with Crippen LogP contribution in [0.3, 0.4) is 0 Å². The molecule has 180 valence electrons. The van der Waals surface area contributed by atoms with Gasteiger partial charge >= 0.3 is 5.97 Å². The molecule has 4 rings (SSSR count). The molecule has 0 aromatic heterocycles. The van der Waals surface area contributed by atoms with Crippen molar-refractivity contribution in [2.24, 2.45) is 11.8 Å². The minimum atomic E-state index is -0.158. The van der Waals surface area contributed by atoms with E-state index in [1.165, 1.54) is 0 Å². The summed E-state index contributed by atoms with van der Waals surface area (Å²) in [5.74, 6) is 0.168. The number of esters is 1. The molecule has 0 aromatic rings. The molecule has 0 spiro atoms. The molecule has 4 aliphatic rings. The first-order chi connectivity index (χ1) is 15.6. The zero-order chi connectivity index (χ0) is 22.3. The van der Waals surface area contributed by atoms with Crippen LogP contribution in [-0.2, 0) is 28.5 Å². The van der Waals surface area contributed by atoms with E-state index in [1.54, 1.807) is 0 Å². The Bertz CT molecular complexity index is 663. The maximum absolute atomic E-state index is 11.9. The number of rotatable bonds is 9. The quantitative estimate of drug-likeness (QED) is 0.340. The predicted molar refractivity (Wildman–Crippen MR) is 121 cm³/mol. The van der Waals surface area contributed by atoms with Crippen molar-refractivity contribution in [3.05, 3.63) is 23.3 Å². The van der Waals surface area contributed by atoms with Gasteiger partial charge in [-0.15, -0.1) is 0 Å². The molecule has 1 saturated carbocycles. The molecule has 3 heterocycles. The lowest BCUT2D eigenvalue weighted by atomic mass is 9.91. The van der Waals surface area contributed by atoms with Crippen LogP contribution in [0.1, 0.15) is 71.1 Å². The molecule has 7 atom stereocenters. The van der Waals surface area contributed by atoms with E-state index >= 15 is 0 Å². The number of carbonyl (C=O) groups excluding carboxylic acids is 1. The lowest BCUT2D eigenvalue weighted by Crippen LogP contribution is -2.31. The summed E-state index contributed by atoms with van der Waals surface area (Å²) in [5.41, 5.74) is 0. The highest BCUT2D eigenvalue weighted by Gasteiger charge is 2.50. The fourth-order valence-corrected chi connectivity index (χ4v) is 5.35. The predicted octanol–water partition coefficient (Wildman–Crippen LogP) is 5.24. The van der Waals surface area contributed by atoms with Gasteiger partial charge in [0.25, 0.3) is 0 Å². The van der Waals surface area contributed by atoms with E-state index in [-0.39, 0.29) is 48.7 Å². The third-order valence-corrected chi connectivity index (χ3v) is 7.06.